The van der Waals surface area contributed by atoms with Gasteiger partial charge < -0.3 is 10.1 Å². The van der Waals surface area contributed by atoms with Crippen LogP contribution in [0.4, 0.5) is 4.79 Å². The molecule has 1 unspecified atom stereocenters. The molecular formula is C7H13N3O3. The van der Waals surface area contributed by atoms with Crippen LogP contribution in [0.1, 0.15) is 6.92 Å². The van der Waals surface area contributed by atoms with E-state index in [4.69, 9.17) is 0 Å². The third kappa shape index (κ3) is 2.59. The first-order valence-electron chi connectivity index (χ1n) is 4.08. The van der Waals surface area contributed by atoms with Crippen LogP contribution in [0.5, 0.6) is 0 Å². The number of hydrogen-bond acceptors (Lipinski definition) is 4. The molecule has 1 atom stereocenters. The molecule has 0 saturated carbocycles. The first-order chi connectivity index (χ1) is 6.13. The molecule has 1 heterocycles. The highest BCUT2D eigenvalue weighted by Gasteiger charge is 2.29. The Morgan fingerprint density at radius 1 is 1.85 bits per heavy atom. The van der Waals surface area contributed by atoms with Gasteiger partial charge in [0, 0.05) is 13.6 Å². The van der Waals surface area contributed by atoms with Crippen LogP contribution in [0.25, 0.3) is 0 Å². The van der Waals surface area contributed by atoms with Gasteiger partial charge in [0.15, 0.2) is 0 Å². The fourth-order valence-electron chi connectivity index (χ4n) is 1.09. The average molecular weight is 187 g/mol. The third-order valence-electron chi connectivity index (χ3n) is 1.64. The number of rotatable bonds is 2. The summed E-state index contributed by atoms with van der Waals surface area (Å²) in [5.41, 5.74) is 2.54. The number of hydrazine groups is 1. The Morgan fingerprint density at radius 3 is 3.00 bits per heavy atom. The van der Waals surface area contributed by atoms with E-state index in [0.717, 1.165) is 0 Å². The topological polar surface area (TPSA) is 70.7 Å². The number of amides is 2. The normalized spacial score (nSPS) is 22.6. The van der Waals surface area contributed by atoms with E-state index >= 15 is 0 Å². The second-order valence-electron chi connectivity index (χ2n) is 2.77. The lowest BCUT2D eigenvalue weighted by molar-refractivity contribution is -0.122. The van der Waals surface area contributed by atoms with Crippen LogP contribution in [-0.4, -0.2) is 43.3 Å². The zero-order valence-corrected chi connectivity index (χ0v) is 7.66. The van der Waals surface area contributed by atoms with E-state index in [9.17, 15) is 9.59 Å². The highest BCUT2D eigenvalue weighted by molar-refractivity contribution is 5.86. The fraction of sp³-hybridized carbons (Fsp3) is 0.714. The molecule has 6 heteroatoms. The van der Waals surface area contributed by atoms with Crippen LogP contribution >= 0.6 is 0 Å². The Balaban J connectivity index is 2.37. The molecule has 0 aromatic heterocycles. The lowest BCUT2D eigenvalue weighted by Crippen LogP contribution is -2.41. The van der Waals surface area contributed by atoms with E-state index < -0.39 is 12.1 Å². The molecule has 0 aromatic rings. The molecule has 1 saturated heterocycles. The Hall–Kier alpha value is -1.30. The number of carbonyl (C=O) groups is 2. The minimum absolute atomic E-state index is 0.212. The standard InChI is InChI=1S/C7H13N3O3/c1-3-13-7(12)8-5-4-10(2)9-6(5)11/h5H,3-4H2,1-2H3,(H,8,12)(H,9,11). The van der Waals surface area contributed by atoms with Crippen molar-refractivity contribution < 1.29 is 14.3 Å². The highest BCUT2D eigenvalue weighted by atomic mass is 16.5. The number of carbonyl (C=O) groups excluding carboxylic acids is 2. The molecule has 1 fully saturated rings. The lowest BCUT2D eigenvalue weighted by Gasteiger charge is -2.08. The Labute approximate surface area is 76.2 Å². The van der Waals surface area contributed by atoms with Gasteiger partial charge in [-0.15, -0.1) is 0 Å². The lowest BCUT2D eigenvalue weighted by atomic mass is 10.3. The number of nitrogens with zero attached hydrogens (tertiary/aromatic N) is 1. The number of hydrogen-bond donors (Lipinski definition) is 2. The monoisotopic (exact) mass is 187 g/mol. The van der Waals surface area contributed by atoms with Gasteiger partial charge in [-0.05, 0) is 6.92 Å². The van der Waals surface area contributed by atoms with E-state index in [1.54, 1.807) is 19.0 Å². The average Bonchev–Trinajstić information content (AvgIpc) is 2.30. The van der Waals surface area contributed by atoms with Crippen molar-refractivity contribution in [2.45, 2.75) is 13.0 Å². The SMILES string of the molecule is CCOC(=O)NC1CN(C)NC1=O. The van der Waals surface area contributed by atoms with Gasteiger partial charge in [-0.3, -0.25) is 10.2 Å². The number of nitrogens with one attached hydrogen (secondary N) is 2. The Kier molecular flexibility index (Phi) is 3.07. The van der Waals surface area contributed by atoms with Crippen LogP contribution in [-0.2, 0) is 9.53 Å². The van der Waals surface area contributed by atoms with Crippen molar-refractivity contribution in [3.05, 3.63) is 0 Å². The molecule has 0 aliphatic carbocycles. The first kappa shape index (κ1) is 9.79. The van der Waals surface area contributed by atoms with E-state index in [1.807, 2.05) is 0 Å². The fourth-order valence-corrected chi connectivity index (χ4v) is 1.09. The predicted molar refractivity (Wildman–Crippen MR) is 44.7 cm³/mol. The Bertz CT molecular complexity index is 219. The van der Waals surface area contributed by atoms with E-state index in [1.165, 1.54) is 0 Å². The van der Waals surface area contributed by atoms with Crippen LogP contribution in [0.15, 0.2) is 0 Å². The largest absolute Gasteiger partial charge is 0.450 e. The van der Waals surface area contributed by atoms with Crippen molar-refractivity contribution in [3.8, 4) is 0 Å². The van der Waals surface area contributed by atoms with Crippen molar-refractivity contribution in [2.75, 3.05) is 20.2 Å². The smallest absolute Gasteiger partial charge is 0.407 e. The molecule has 2 amide bonds. The van der Waals surface area contributed by atoms with Crippen LogP contribution in [0, 0.1) is 0 Å². The summed E-state index contributed by atoms with van der Waals surface area (Å²) >= 11 is 0. The second-order valence-corrected chi connectivity index (χ2v) is 2.77. The zero-order chi connectivity index (χ0) is 9.84. The van der Waals surface area contributed by atoms with Crippen molar-refractivity contribution in [2.24, 2.45) is 0 Å². The summed E-state index contributed by atoms with van der Waals surface area (Å²) in [7, 11) is 1.73. The second kappa shape index (κ2) is 4.08. The summed E-state index contributed by atoms with van der Waals surface area (Å²) in [6, 6.07) is -0.510. The molecule has 6 nitrogen and oxygen atoms in total. The van der Waals surface area contributed by atoms with E-state index in [0.29, 0.717) is 13.2 Å². The van der Waals surface area contributed by atoms with Crippen LogP contribution in [0.2, 0.25) is 0 Å². The van der Waals surface area contributed by atoms with Gasteiger partial charge in [0.1, 0.15) is 6.04 Å². The quantitative estimate of drug-likeness (QED) is 0.586. The number of ether oxygens (including phenoxy) is 1. The summed E-state index contributed by atoms with van der Waals surface area (Å²) in [6.45, 7) is 2.47. The van der Waals surface area contributed by atoms with Crippen molar-refractivity contribution in [1.29, 1.82) is 0 Å². The maximum absolute atomic E-state index is 11.1. The van der Waals surface area contributed by atoms with Crippen molar-refractivity contribution in [1.82, 2.24) is 15.8 Å². The summed E-state index contributed by atoms with van der Waals surface area (Å²) in [6.07, 6.45) is -0.557. The van der Waals surface area contributed by atoms with Crippen molar-refractivity contribution >= 4 is 12.0 Å². The van der Waals surface area contributed by atoms with E-state index in [2.05, 4.69) is 15.5 Å². The molecule has 0 bridgehead atoms. The summed E-state index contributed by atoms with van der Waals surface area (Å²) in [5.74, 6) is -0.212. The summed E-state index contributed by atoms with van der Waals surface area (Å²) in [5, 5.41) is 4.06. The number of alkyl carbamates (subject to hydrolysis) is 1. The first-order valence-corrected chi connectivity index (χ1v) is 4.08. The van der Waals surface area contributed by atoms with Gasteiger partial charge >= 0.3 is 6.09 Å². The van der Waals surface area contributed by atoms with Gasteiger partial charge in [-0.1, -0.05) is 0 Å². The summed E-state index contributed by atoms with van der Waals surface area (Å²) < 4.78 is 4.64. The maximum atomic E-state index is 11.1. The minimum atomic E-state index is -0.557. The van der Waals surface area contributed by atoms with Crippen LogP contribution in [0.3, 0.4) is 0 Å². The van der Waals surface area contributed by atoms with Gasteiger partial charge in [0.25, 0.3) is 5.91 Å². The molecule has 2 N–H and O–H groups in total. The predicted octanol–water partition coefficient (Wildman–Crippen LogP) is -0.922. The molecule has 1 aliphatic rings. The number of likely N-dealkylation sites (N-methyl/N-ethyl adjacent to an activating group) is 1. The molecule has 13 heavy (non-hydrogen) atoms. The Morgan fingerprint density at radius 2 is 2.54 bits per heavy atom. The minimum Gasteiger partial charge on any atom is -0.450 e. The third-order valence-corrected chi connectivity index (χ3v) is 1.64. The van der Waals surface area contributed by atoms with Gasteiger partial charge in [-0.2, -0.15) is 0 Å². The molecule has 0 aromatic carbocycles. The van der Waals surface area contributed by atoms with Gasteiger partial charge in [0.2, 0.25) is 0 Å². The highest BCUT2D eigenvalue weighted by Crippen LogP contribution is 1.97. The van der Waals surface area contributed by atoms with Crippen molar-refractivity contribution in [3.63, 3.8) is 0 Å². The molecule has 0 radical (unpaired) electrons. The zero-order valence-electron chi connectivity index (χ0n) is 7.66. The molecule has 1 aliphatic heterocycles. The van der Waals surface area contributed by atoms with Gasteiger partial charge in [0.05, 0.1) is 6.61 Å². The molecule has 0 spiro atoms. The maximum Gasteiger partial charge on any atom is 0.407 e. The molecular weight excluding hydrogens is 174 g/mol. The van der Waals surface area contributed by atoms with E-state index in [-0.39, 0.29) is 5.91 Å². The van der Waals surface area contributed by atoms with Crippen LogP contribution < -0.4 is 10.7 Å². The molecule has 1 rings (SSSR count). The summed E-state index contributed by atoms with van der Waals surface area (Å²) in [4.78, 5) is 22.0. The van der Waals surface area contributed by atoms with Gasteiger partial charge in [-0.25, -0.2) is 9.80 Å². The molecule has 74 valence electrons.